The van der Waals surface area contributed by atoms with Gasteiger partial charge in [0, 0.05) is 17.3 Å². The molecule has 0 atom stereocenters. The molecule has 3 N–H and O–H groups in total. The van der Waals surface area contributed by atoms with Crippen molar-refractivity contribution in [1.82, 2.24) is 5.32 Å². The van der Waals surface area contributed by atoms with Crippen LogP contribution < -0.4 is 16.0 Å². The van der Waals surface area contributed by atoms with Gasteiger partial charge in [-0.15, -0.1) is 6.42 Å². The summed E-state index contributed by atoms with van der Waals surface area (Å²) in [7, 11) is 0. The van der Waals surface area contributed by atoms with Crippen molar-refractivity contribution in [3.05, 3.63) is 24.3 Å². The number of amides is 2. The fourth-order valence-corrected chi connectivity index (χ4v) is 1.38. The van der Waals surface area contributed by atoms with Crippen LogP contribution in [0, 0.1) is 18.3 Å². The van der Waals surface area contributed by atoms with Gasteiger partial charge in [-0.2, -0.15) is 0 Å². The van der Waals surface area contributed by atoms with Crippen molar-refractivity contribution in [2.24, 2.45) is 5.92 Å². The minimum absolute atomic E-state index is 0.0414. The summed E-state index contributed by atoms with van der Waals surface area (Å²) in [4.78, 5) is 23.0. The van der Waals surface area contributed by atoms with E-state index >= 15 is 0 Å². The van der Waals surface area contributed by atoms with Gasteiger partial charge in [-0.05, 0) is 24.3 Å². The fraction of sp³-hybridized carbons (Fsp3) is 0.333. The maximum atomic E-state index is 11.5. The van der Waals surface area contributed by atoms with Gasteiger partial charge in [-0.25, -0.2) is 0 Å². The summed E-state index contributed by atoms with van der Waals surface area (Å²) >= 11 is 0. The van der Waals surface area contributed by atoms with Crippen molar-refractivity contribution < 1.29 is 9.59 Å². The molecule has 0 unspecified atom stereocenters. The zero-order valence-electron chi connectivity index (χ0n) is 11.7. The van der Waals surface area contributed by atoms with E-state index in [1.54, 1.807) is 24.3 Å². The van der Waals surface area contributed by atoms with E-state index in [1.165, 1.54) is 0 Å². The summed E-state index contributed by atoms with van der Waals surface area (Å²) in [6.45, 7) is 4.17. The second-order valence-electron chi connectivity index (χ2n) is 4.58. The van der Waals surface area contributed by atoms with Gasteiger partial charge in [-0.3, -0.25) is 14.9 Å². The van der Waals surface area contributed by atoms with Crippen molar-refractivity contribution in [3.8, 4) is 12.3 Å². The van der Waals surface area contributed by atoms with E-state index in [-0.39, 0.29) is 24.3 Å². The second kappa shape index (κ2) is 7.97. The van der Waals surface area contributed by atoms with E-state index in [9.17, 15) is 9.59 Å². The Hall–Kier alpha value is -2.32. The lowest BCUT2D eigenvalue weighted by molar-refractivity contribution is -0.119. The molecule has 0 saturated heterocycles. The van der Waals surface area contributed by atoms with E-state index in [0.717, 1.165) is 0 Å². The first kappa shape index (κ1) is 15.7. The number of nitrogens with one attached hydrogen (secondary N) is 3. The highest BCUT2D eigenvalue weighted by atomic mass is 16.2. The predicted molar refractivity (Wildman–Crippen MR) is 80.2 cm³/mol. The average Bonchev–Trinajstić information content (AvgIpc) is 2.41. The van der Waals surface area contributed by atoms with Crippen LogP contribution in [0.15, 0.2) is 24.3 Å². The molecule has 1 aromatic rings. The lowest BCUT2D eigenvalue weighted by Gasteiger charge is -2.09. The molecule has 0 saturated carbocycles. The topological polar surface area (TPSA) is 70.2 Å². The summed E-state index contributed by atoms with van der Waals surface area (Å²) in [6, 6.07) is 6.94. The molecular weight excluding hydrogens is 254 g/mol. The van der Waals surface area contributed by atoms with Gasteiger partial charge in [0.15, 0.2) is 0 Å². The van der Waals surface area contributed by atoms with E-state index in [4.69, 9.17) is 6.42 Å². The molecular formula is C15H19N3O2. The normalized spacial score (nSPS) is 9.90. The average molecular weight is 273 g/mol. The SMILES string of the molecule is C#CCNCC(=O)Nc1ccc(NC(=O)C(C)C)cc1. The van der Waals surface area contributed by atoms with Crippen molar-refractivity contribution in [3.63, 3.8) is 0 Å². The molecule has 2 amide bonds. The molecule has 0 heterocycles. The van der Waals surface area contributed by atoms with Crippen LogP contribution in [0.25, 0.3) is 0 Å². The number of benzene rings is 1. The highest BCUT2D eigenvalue weighted by Gasteiger charge is 2.07. The predicted octanol–water partition coefficient (Wildman–Crippen LogP) is 1.44. The lowest BCUT2D eigenvalue weighted by atomic mass is 10.2. The number of rotatable bonds is 6. The number of anilines is 2. The van der Waals surface area contributed by atoms with Crippen molar-refractivity contribution in [2.45, 2.75) is 13.8 Å². The molecule has 0 fully saturated rings. The molecule has 0 aliphatic rings. The summed E-state index contributed by atoms with van der Waals surface area (Å²) in [5.41, 5.74) is 1.37. The molecule has 20 heavy (non-hydrogen) atoms. The minimum atomic E-state index is -0.167. The Labute approximate surface area is 119 Å². The first-order valence-electron chi connectivity index (χ1n) is 6.38. The summed E-state index contributed by atoms with van der Waals surface area (Å²) in [5.74, 6) is 2.11. The van der Waals surface area contributed by atoms with Crippen LogP contribution in [-0.2, 0) is 9.59 Å². The molecule has 5 heteroatoms. The number of hydrogen-bond donors (Lipinski definition) is 3. The van der Waals surface area contributed by atoms with E-state index in [1.807, 2.05) is 13.8 Å². The minimum Gasteiger partial charge on any atom is -0.326 e. The molecule has 0 radical (unpaired) electrons. The van der Waals surface area contributed by atoms with Crippen LogP contribution in [0.3, 0.4) is 0 Å². The Morgan fingerprint density at radius 1 is 1.15 bits per heavy atom. The third-order valence-corrected chi connectivity index (χ3v) is 2.47. The third kappa shape index (κ3) is 5.55. The van der Waals surface area contributed by atoms with E-state index < -0.39 is 0 Å². The van der Waals surface area contributed by atoms with Crippen LogP contribution in [-0.4, -0.2) is 24.9 Å². The smallest absolute Gasteiger partial charge is 0.238 e. The Bertz CT molecular complexity index is 501. The molecule has 1 rings (SSSR count). The first-order chi connectivity index (χ1) is 9.52. The Morgan fingerprint density at radius 2 is 1.70 bits per heavy atom. The van der Waals surface area contributed by atoms with E-state index in [0.29, 0.717) is 17.9 Å². The van der Waals surface area contributed by atoms with Crippen LogP contribution in [0.5, 0.6) is 0 Å². The second-order valence-corrected chi connectivity index (χ2v) is 4.58. The summed E-state index contributed by atoms with van der Waals surface area (Å²) in [6.07, 6.45) is 5.07. The third-order valence-electron chi connectivity index (χ3n) is 2.47. The van der Waals surface area contributed by atoms with Gasteiger partial charge in [0.1, 0.15) is 0 Å². The van der Waals surface area contributed by atoms with Gasteiger partial charge in [0.05, 0.1) is 13.1 Å². The lowest BCUT2D eigenvalue weighted by Crippen LogP contribution is -2.28. The Morgan fingerprint density at radius 3 is 2.20 bits per heavy atom. The highest BCUT2D eigenvalue weighted by molar-refractivity contribution is 5.94. The van der Waals surface area contributed by atoms with Gasteiger partial charge >= 0.3 is 0 Å². The number of carbonyl (C=O) groups is 2. The van der Waals surface area contributed by atoms with Crippen LogP contribution in [0.4, 0.5) is 11.4 Å². The van der Waals surface area contributed by atoms with Gasteiger partial charge in [0.2, 0.25) is 11.8 Å². The highest BCUT2D eigenvalue weighted by Crippen LogP contribution is 2.14. The van der Waals surface area contributed by atoms with Gasteiger partial charge < -0.3 is 10.6 Å². The molecule has 0 aromatic heterocycles. The van der Waals surface area contributed by atoms with Crippen molar-refractivity contribution in [2.75, 3.05) is 23.7 Å². The number of carbonyl (C=O) groups excluding carboxylic acids is 2. The maximum Gasteiger partial charge on any atom is 0.238 e. The monoisotopic (exact) mass is 273 g/mol. The fourth-order valence-electron chi connectivity index (χ4n) is 1.38. The molecule has 5 nitrogen and oxygen atoms in total. The molecule has 0 aliphatic heterocycles. The van der Waals surface area contributed by atoms with Gasteiger partial charge in [0.25, 0.3) is 0 Å². The van der Waals surface area contributed by atoms with E-state index in [2.05, 4.69) is 21.9 Å². The Kier molecular flexibility index (Phi) is 6.27. The van der Waals surface area contributed by atoms with Crippen LogP contribution in [0.1, 0.15) is 13.8 Å². The number of hydrogen-bond acceptors (Lipinski definition) is 3. The van der Waals surface area contributed by atoms with Crippen LogP contribution >= 0.6 is 0 Å². The van der Waals surface area contributed by atoms with Crippen molar-refractivity contribution in [1.29, 1.82) is 0 Å². The van der Waals surface area contributed by atoms with Gasteiger partial charge in [-0.1, -0.05) is 19.8 Å². The molecule has 0 spiro atoms. The summed E-state index contributed by atoms with van der Waals surface area (Å²) in [5, 5.41) is 8.30. The van der Waals surface area contributed by atoms with Crippen molar-refractivity contribution >= 4 is 23.2 Å². The maximum absolute atomic E-state index is 11.5. The zero-order chi connectivity index (χ0) is 15.0. The molecule has 1 aromatic carbocycles. The molecule has 0 bridgehead atoms. The zero-order valence-corrected chi connectivity index (χ0v) is 11.7. The molecule has 106 valence electrons. The number of terminal acetylenes is 1. The summed E-state index contributed by atoms with van der Waals surface area (Å²) < 4.78 is 0. The first-order valence-corrected chi connectivity index (χ1v) is 6.38. The van der Waals surface area contributed by atoms with Crippen LogP contribution in [0.2, 0.25) is 0 Å². The standard InChI is InChI=1S/C15H19N3O2/c1-4-9-16-10-14(19)17-12-5-7-13(8-6-12)18-15(20)11(2)3/h1,5-8,11,16H,9-10H2,2-3H3,(H,17,19)(H,18,20). The molecule has 0 aliphatic carbocycles. The largest absolute Gasteiger partial charge is 0.326 e. The quantitative estimate of drug-likeness (QED) is 0.542. The Balaban J connectivity index is 2.48.